The standard InChI is InChI=1S/C27H28N4O2/c1-17(26(28)32)30-22-10-2-3-11-23(22)31(27(30)33)20-12-14-29(15-13-20)24-16-19-8-4-6-18-7-5-9-21(24)25(18)19/h2-11,17,20,24H,12-16H2,1H3,(H2,28,32). The number of imidazole rings is 1. The number of primary amides is 1. The van der Waals surface area contributed by atoms with Gasteiger partial charge in [0.25, 0.3) is 0 Å². The minimum absolute atomic E-state index is 0.111. The second kappa shape index (κ2) is 7.59. The summed E-state index contributed by atoms with van der Waals surface area (Å²) in [5.74, 6) is -0.496. The molecule has 6 nitrogen and oxygen atoms in total. The SMILES string of the molecule is CC(C(N)=O)n1c(=O)n(C2CCN(C3Cc4cccc5cccc3c45)CC2)c2ccccc21. The van der Waals surface area contributed by atoms with Crippen LogP contribution in [0.15, 0.2) is 65.5 Å². The van der Waals surface area contributed by atoms with Crippen molar-refractivity contribution in [3.05, 3.63) is 82.3 Å². The molecule has 0 radical (unpaired) electrons. The maximum atomic E-state index is 13.5. The molecule has 2 N–H and O–H groups in total. The number of benzene rings is 3. The van der Waals surface area contributed by atoms with Crippen molar-refractivity contribution in [3.63, 3.8) is 0 Å². The quantitative estimate of drug-likeness (QED) is 0.522. The first kappa shape index (κ1) is 20.2. The van der Waals surface area contributed by atoms with E-state index in [0.717, 1.165) is 43.4 Å². The Hall–Kier alpha value is -3.38. The van der Waals surface area contributed by atoms with Crippen molar-refractivity contribution in [1.82, 2.24) is 14.0 Å². The maximum absolute atomic E-state index is 13.5. The van der Waals surface area contributed by atoms with E-state index in [9.17, 15) is 9.59 Å². The molecule has 1 amide bonds. The minimum Gasteiger partial charge on any atom is -0.368 e. The zero-order valence-electron chi connectivity index (χ0n) is 18.8. The number of likely N-dealkylation sites (tertiary alicyclic amines) is 1. The van der Waals surface area contributed by atoms with E-state index >= 15 is 0 Å². The van der Waals surface area contributed by atoms with Crippen molar-refractivity contribution in [2.45, 2.75) is 44.3 Å². The maximum Gasteiger partial charge on any atom is 0.330 e. The smallest absolute Gasteiger partial charge is 0.330 e. The molecule has 0 bridgehead atoms. The lowest BCUT2D eigenvalue weighted by molar-refractivity contribution is -0.120. The van der Waals surface area contributed by atoms with Gasteiger partial charge < -0.3 is 5.73 Å². The summed E-state index contributed by atoms with van der Waals surface area (Å²) in [6.07, 6.45) is 2.86. The van der Waals surface area contributed by atoms with E-state index in [1.54, 1.807) is 11.5 Å². The number of nitrogens with zero attached hydrogens (tertiary/aromatic N) is 3. The molecule has 2 unspecified atom stereocenters. The Morgan fingerprint density at radius 1 is 0.970 bits per heavy atom. The van der Waals surface area contributed by atoms with Crippen molar-refractivity contribution >= 4 is 27.7 Å². The number of piperidine rings is 1. The van der Waals surface area contributed by atoms with Gasteiger partial charge in [-0.05, 0) is 60.2 Å². The summed E-state index contributed by atoms with van der Waals surface area (Å²) in [7, 11) is 0. The summed E-state index contributed by atoms with van der Waals surface area (Å²) in [6, 6.07) is 20.8. The molecule has 33 heavy (non-hydrogen) atoms. The topological polar surface area (TPSA) is 73.3 Å². The highest BCUT2D eigenvalue weighted by molar-refractivity contribution is 5.91. The predicted molar refractivity (Wildman–Crippen MR) is 130 cm³/mol. The van der Waals surface area contributed by atoms with E-state index in [1.807, 2.05) is 28.8 Å². The Labute approximate surface area is 192 Å². The third-order valence-electron chi connectivity index (χ3n) is 7.71. The Balaban J connectivity index is 1.30. The third kappa shape index (κ3) is 3.04. The number of carbonyl (C=O) groups is 1. The van der Waals surface area contributed by atoms with Crippen LogP contribution in [0.25, 0.3) is 21.8 Å². The highest BCUT2D eigenvalue weighted by Crippen LogP contribution is 2.41. The number of hydrogen-bond donors (Lipinski definition) is 1. The zero-order valence-corrected chi connectivity index (χ0v) is 18.8. The first-order valence-electron chi connectivity index (χ1n) is 11.8. The van der Waals surface area contributed by atoms with Gasteiger partial charge in [0.2, 0.25) is 5.91 Å². The molecule has 1 aliphatic carbocycles. The van der Waals surface area contributed by atoms with Crippen molar-refractivity contribution in [2.24, 2.45) is 5.73 Å². The van der Waals surface area contributed by atoms with Gasteiger partial charge in [0.15, 0.2) is 0 Å². The summed E-state index contributed by atoms with van der Waals surface area (Å²) in [6.45, 7) is 3.58. The van der Waals surface area contributed by atoms with E-state index in [0.29, 0.717) is 6.04 Å². The van der Waals surface area contributed by atoms with Crippen LogP contribution in [0.2, 0.25) is 0 Å². The number of carbonyl (C=O) groups excluding carboxylic acids is 1. The van der Waals surface area contributed by atoms with Crippen LogP contribution in [0.5, 0.6) is 0 Å². The van der Waals surface area contributed by atoms with Crippen LogP contribution in [-0.4, -0.2) is 33.0 Å². The predicted octanol–water partition coefficient (Wildman–Crippen LogP) is 3.94. The number of amides is 1. The molecule has 1 fully saturated rings. The van der Waals surface area contributed by atoms with Crippen molar-refractivity contribution in [2.75, 3.05) is 13.1 Å². The van der Waals surface area contributed by atoms with Gasteiger partial charge in [-0.1, -0.05) is 48.5 Å². The van der Waals surface area contributed by atoms with Gasteiger partial charge in [-0.3, -0.25) is 18.8 Å². The normalized spacial score (nSPS) is 20.0. The lowest BCUT2D eigenvalue weighted by Gasteiger charge is -2.36. The first-order valence-corrected chi connectivity index (χ1v) is 11.8. The molecule has 6 rings (SSSR count). The van der Waals surface area contributed by atoms with Crippen LogP contribution in [-0.2, 0) is 11.2 Å². The van der Waals surface area contributed by atoms with Crippen molar-refractivity contribution in [3.8, 4) is 0 Å². The van der Waals surface area contributed by atoms with E-state index in [-0.39, 0.29) is 11.7 Å². The number of fused-ring (bicyclic) bond motifs is 1. The van der Waals surface area contributed by atoms with Gasteiger partial charge in [0, 0.05) is 25.2 Å². The highest BCUT2D eigenvalue weighted by atomic mass is 16.2. The molecule has 4 aromatic rings. The molecule has 1 aromatic heterocycles. The van der Waals surface area contributed by atoms with Gasteiger partial charge in [0.1, 0.15) is 6.04 Å². The molecule has 168 valence electrons. The van der Waals surface area contributed by atoms with Crippen LogP contribution >= 0.6 is 0 Å². The van der Waals surface area contributed by atoms with Crippen molar-refractivity contribution in [1.29, 1.82) is 0 Å². The Morgan fingerprint density at radius 2 is 1.67 bits per heavy atom. The first-order chi connectivity index (χ1) is 16.0. The fraction of sp³-hybridized carbons (Fsp3) is 0.333. The Bertz CT molecular complexity index is 1440. The zero-order chi connectivity index (χ0) is 22.7. The number of hydrogen-bond acceptors (Lipinski definition) is 3. The van der Waals surface area contributed by atoms with E-state index < -0.39 is 11.9 Å². The molecular formula is C27H28N4O2. The second-order valence-corrected chi connectivity index (χ2v) is 9.44. The summed E-state index contributed by atoms with van der Waals surface area (Å²) < 4.78 is 3.45. The van der Waals surface area contributed by atoms with Gasteiger partial charge >= 0.3 is 5.69 Å². The Kier molecular flexibility index (Phi) is 4.66. The second-order valence-electron chi connectivity index (χ2n) is 9.44. The molecule has 1 aliphatic heterocycles. The fourth-order valence-electron chi connectivity index (χ4n) is 6.05. The Morgan fingerprint density at radius 3 is 2.39 bits per heavy atom. The summed E-state index contributed by atoms with van der Waals surface area (Å²) in [4.78, 5) is 27.9. The van der Waals surface area contributed by atoms with E-state index in [2.05, 4.69) is 41.3 Å². The number of para-hydroxylation sites is 2. The molecule has 2 atom stereocenters. The van der Waals surface area contributed by atoms with E-state index in [4.69, 9.17) is 5.73 Å². The van der Waals surface area contributed by atoms with E-state index in [1.165, 1.54) is 21.9 Å². The molecule has 0 spiro atoms. The lowest BCUT2D eigenvalue weighted by Crippen LogP contribution is -2.40. The van der Waals surface area contributed by atoms with Crippen LogP contribution in [0.4, 0.5) is 0 Å². The lowest BCUT2D eigenvalue weighted by atomic mass is 9.99. The monoisotopic (exact) mass is 440 g/mol. The van der Waals surface area contributed by atoms with Crippen LogP contribution in [0.1, 0.15) is 49.0 Å². The number of rotatable bonds is 4. The number of nitrogens with two attached hydrogens (primary N) is 1. The molecule has 3 aromatic carbocycles. The average Bonchev–Trinajstić information content (AvgIpc) is 3.35. The molecule has 1 saturated heterocycles. The summed E-state index contributed by atoms with van der Waals surface area (Å²) >= 11 is 0. The highest BCUT2D eigenvalue weighted by Gasteiger charge is 2.33. The summed E-state index contributed by atoms with van der Waals surface area (Å²) in [5.41, 5.74) is 9.95. The van der Waals surface area contributed by atoms with Gasteiger partial charge in [-0.15, -0.1) is 0 Å². The van der Waals surface area contributed by atoms with Crippen LogP contribution < -0.4 is 11.4 Å². The van der Waals surface area contributed by atoms with Crippen LogP contribution in [0.3, 0.4) is 0 Å². The van der Waals surface area contributed by atoms with Gasteiger partial charge in [0.05, 0.1) is 11.0 Å². The van der Waals surface area contributed by atoms with Gasteiger partial charge in [-0.2, -0.15) is 0 Å². The average molecular weight is 441 g/mol. The minimum atomic E-state index is -0.679. The molecular weight excluding hydrogens is 412 g/mol. The molecule has 2 heterocycles. The van der Waals surface area contributed by atoms with Gasteiger partial charge in [-0.25, -0.2) is 4.79 Å². The third-order valence-corrected chi connectivity index (χ3v) is 7.71. The molecule has 6 heteroatoms. The number of aromatic nitrogens is 2. The largest absolute Gasteiger partial charge is 0.368 e. The molecule has 2 aliphatic rings. The molecule has 0 saturated carbocycles. The van der Waals surface area contributed by atoms with Crippen molar-refractivity contribution < 1.29 is 4.79 Å². The van der Waals surface area contributed by atoms with Crippen LogP contribution in [0, 0.1) is 0 Å². The summed E-state index contributed by atoms with van der Waals surface area (Å²) in [5, 5.41) is 2.75. The fourth-order valence-corrected chi connectivity index (χ4v) is 6.05.